The van der Waals surface area contributed by atoms with Crippen molar-refractivity contribution in [3.63, 3.8) is 0 Å². The topological polar surface area (TPSA) is 120 Å². The average molecular weight is 575 g/mol. The lowest BCUT2D eigenvalue weighted by atomic mass is 10.2. The number of fused-ring (bicyclic) bond motifs is 3. The maximum atomic E-state index is 14.5. The van der Waals surface area contributed by atoms with Gasteiger partial charge in [-0.15, -0.1) is 5.10 Å². The number of nitrogens with zero attached hydrogens (tertiary/aromatic N) is 7. The first-order chi connectivity index (χ1) is 18.9. The van der Waals surface area contributed by atoms with E-state index in [0.717, 1.165) is 17.4 Å². The van der Waals surface area contributed by atoms with Crippen LogP contribution in [0.15, 0.2) is 39.7 Å². The summed E-state index contributed by atoms with van der Waals surface area (Å²) in [6.45, 7) is 3.55. The molecular formula is C24H24F2N8O3S2. The van der Waals surface area contributed by atoms with E-state index in [1.807, 2.05) is 4.90 Å². The molecule has 5 aromatic rings. The van der Waals surface area contributed by atoms with Crippen LogP contribution in [0, 0.1) is 11.6 Å². The molecule has 2 N–H and O–H groups in total. The van der Waals surface area contributed by atoms with Crippen LogP contribution in [0.25, 0.3) is 27.6 Å². The Hall–Kier alpha value is -3.69. The Labute approximate surface area is 229 Å². The fourth-order valence-corrected chi connectivity index (χ4v) is 5.64. The lowest BCUT2D eigenvalue weighted by Gasteiger charge is -2.36. The number of aromatic nitrogens is 5. The van der Waals surface area contributed by atoms with Gasteiger partial charge in [-0.25, -0.2) is 13.8 Å². The van der Waals surface area contributed by atoms with E-state index in [1.165, 1.54) is 16.8 Å². The molecule has 6 rings (SSSR count). The number of rotatable bonds is 8. The van der Waals surface area contributed by atoms with E-state index in [9.17, 15) is 13.6 Å². The Kier molecular flexibility index (Phi) is 6.86. The molecule has 0 unspecified atom stereocenters. The minimum Gasteiger partial charge on any atom is -0.490 e. The van der Waals surface area contributed by atoms with Gasteiger partial charge in [0.15, 0.2) is 28.6 Å². The van der Waals surface area contributed by atoms with Crippen molar-refractivity contribution in [1.29, 1.82) is 0 Å². The highest BCUT2D eigenvalue weighted by Crippen LogP contribution is 2.29. The first-order valence-electron chi connectivity index (χ1n) is 12.2. The predicted octanol–water partition coefficient (Wildman–Crippen LogP) is 2.75. The zero-order valence-electron chi connectivity index (χ0n) is 20.6. The molecule has 0 saturated carbocycles. The minimum atomic E-state index is -0.736. The second kappa shape index (κ2) is 10.5. The van der Waals surface area contributed by atoms with Crippen molar-refractivity contribution in [2.45, 2.75) is 6.54 Å². The molecule has 1 aromatic carbocycles. The number of nitrogens with two attached hydrogens (primary N) is 1. The highest BCUT2D eigenvalue weighted by atomic mass is 32.1. The molecule has 0 radical (unpaired) electrons. The molecule has 4 aromatic heterocycles. The number of benzene rings is 1. The van der Waals surface area contributed by atoms with Gasteiger partial charge in [0.05, 0.1) is 18.6 Å². The number of hydrogen-bond donors (Lipinski definition) is 2. The number of thiazole rings is 1. The van der Waals surface area contributed by atoms with Gasteiger partial charge in [-0.1, -0.05) is 11.3 Å². The quantitative estimate of drug-likeness (QED) is 0.270. The molecule has 0 atom stereocenters. The molecule has 11 nitrogen and oxygen atoms in total. The van der Waals surface area contributed by atoms with Gasteiger partial charge < -0.3 is 19.8 Å². The van der Waals surface area contributed by atoms with Crippen LogP contribution in [0.4, 0.5) is 20.4 Å². The summed E-state index contributed by atoms with van der Waals surface area (Å²) in [7, 11) is 0. The van der Waals surface area contributed by atoms with Crippen LogP contribution >= 0.6 is 24.0 Å². The van der Waals surface area contributed by atoms with Crippen molar-refractivity contribution in [2.24, 2.45) is 0 Å². The monoisotopic (exact) mass is 574 g/mol. The summed E-state index contributed by atoms with van der Waals surface area (Å²) in [6, 6.07) is 5.73. The zero-order valence-corrected chi connectivity index (χ0v) is 22.3. The molecule has 1 saturated heterocycles. The minimum absolute atomic E-state index is 0.0106. The summed E-state index contributed by atoms with van der Waals surface area (Å²) in [5.74, 6) is 0.0153. The van der Waals surface area contributed by atoms with Gasteiger partial charge in [0.2, 0.25) is 11.8 Å². The van der Waals surface area contributed by atoms with E-state index in [-0.39, 0.29) is 23.2 Å². The van der Waals surface area contributed by atoms with Crippen LogP contribution in [0.5, 0.6) is 5.75 Å². The van der Waals surface area contributed by atoms with Crippen molar-refractivity contribution < 1.29 is 17.9 Å². The van der Waals surface area contributed by atoms with Gasteiger partial charge in [-0.3, -0.25) is 14.3 Å². The molecule has 0 spiro atoms. The number of halogens is 2. The number of furan rings is 1. The number of thiol groups is 1. The Balaban J connectivity index is 1.17. The van der Waals surface area contributed by atoms with Gasteiger partial charge in [0, 0.05) is 57.2 Å². The first kappa shape index (κ1) is 25.6. The third kappa shape index (κ3) is 4.81. The second-order valence-corrected chi connectivity index (χ2v) is 10.3. The SMILES string of the molecule is Nc1nc2c(sc(=O)n2CCN2CCN(c3cc(OCCS)c(F)cc3F)CC2)c2nc(-c3ccco3)nn12. The van der Waals surface area contributed by atoms with E-state index < -0.39 is 11.6 Å². The summed E-state index contributed by atoms with van der Waals surface area (Å²) >= 11 is 5.11. The summed E-state index contributed by atoms with van der Waals surface area (Å²) in [6.07, 6.45) is 1.53. The average Bonchev–Trinajstić information content (AvgIpc) is 3.67. The van der Waals surface area contributed by atoms with Gasteiger partial charge in [0.1, 0.15) is 10.5 Å². The highest BCUT2D eigenvalue weighted by Gasteiger charge is 2.23. The molecule has 1 aliphatic rings. The van der Waals surface area contributed by atoms with Crippen LogP contribution in [0.3, 0.4) is 0 Å². The highest BCUT2D eigenvalue weighted by molar-refractivity contribution is 7.80. The smallest absolute Gasteiger partial charge is 0.309 e. The first-order valence-corrected chi connectivity index (χ1v) is 13.7. The zero-order chi connectivity index (χ0) is 27.1. The van der Waals surface area contributed by atoms with Crippen molar-refractivity contribution in [3.05, 3.63) is 51.8 Å². The van der Waals surface area contributed by atoms with Crippen molar-refractivity contribution >= 4 is 51.6 Å². The van der Waals surface area contributed by atoms with Crippen LogP contribution in [0.1, 0.15) is 0 Å². The molecule has 0 amide bonds. The van der Waals surface area contributed by atoms with E-state index >= 15 is 0 Å². The van der Waals surface area contributed by atoms with Gasteiger partial charge in [0.25, 0.3) is 0 Å². The fourth-order valence-electron chi connectivity index (χ4n) is 4.62. The number of hydrogen-bond acceptors (Lipinski definition) is 11. The lowest BCUT2D eigenvalue weighted by Crippen LogP contribution is -2.47. The third-order valence-corrected chi connectivity index (χ3v) is 7.71. The maximum Gasteiger partial charge on any atom is 0.309 e. The van der Waals surface area contributed by atoms with E-state index in [2.05, 4.69) is 32.6 Å². The molecule has 39 heavy (non-hydrogen) atoms. The van der Waals surface area contributed by atoms with Crippen LogP contribution < -0.4 is 20.2 Å². The molecule has 15 heteroatoms. The molecule has 5 heterocycles. The number of nitrogen functional groups attached to an aromatic ring is 1. The van der Waals surface area contributed by atoms with Gasteiger partial charge in [-0.05, 0) is 12.1 Å². The lowest BCUT2D eigenvalue weighted by molar-refractivity contribution is 0.247. The Morgan fingerprint density at radius 1 is 1.10 bits per heavy atom. The molecular weight excluding hydrogens is 550 g/mol. The summed E-state index contributed by atoms with van der Waals surface area (Å²) < 4.78 is 43.0. The second-order valence-electron chi connectivity index (χ2n) is 8.93. The predicted molar refractivity (Wildman–Crippen MR) is 147 cm³/mol. The molecule has 204 valence electrons. The van der Waals surface area contributed by atoms with Crippen LogP contribution in [-0.4, -0.2) is 74.1 Å². The van der Waals surface area contributed by atoms with Crippen LogP contribution in [0.2, 0.25) is 0 Å². The maximum absolute atomic E-state index is 14.5. The molecule has 0 bridgehead atoms. The van der Waals surface area contributed by atoms with E-state index in [1.54, 1.807) is 16.7 Å². The normalized spacial score (nSPS) is 14.6. The Morgan fingerprint density at radius 2 is 1.92 bits per heavy atom. The third-order valence-electron chi connectivity index (χ3n) is 6.56. The molecule has 1 fully saturated rings. The van der Waals surface area contributed by atoms with Crippen molar-refractivity contribution in [3.8, 4) is 17.3 Å². The number of ether oxygens (including phenoxy) is 1. The van der Waals surface area contributed by atoms with Crippen molar-refractivity contribution in [2.75, 3.05) is 55.7 Å². The van der Waals surface area contributed by atoms with E-state index in [4.69, 9.17) is 14.9 Å². The standard InChI is InChI=1S/C24H24F2N8O3S2/c25-14-12-15(26)18(37-10-11-38)13-16(14)32-6-3-31(4-7-32)5-8-33-21-19(39-24(33)35)22-28-20(17-2-1-9-36-17)30-34(22)23(27)29-21/h1-2,9,12-13,38H,3-8,10-11H2,(H2,27,29). The Bertz CT molecular complexity index is 1690. The van der Waals surface area contributed by atoms with Gasteiger partial charge >= 0.3 is 4.87 Å². The van der Waals surface area contributed by atoms with Gasteiger partial charge in [-0.2, -0.15) is 22.1 Å². The number of anilines is 2. The molecule has 1 aliphatic heterocycles. The largest absolute Gasteiger partial charge is 0.490 e. The fraction of sp³-hybridized carbons (Fsp3) is 0.333. The summed E-state index contributed by atoms with van der Waals surface area (Å²) in [5.41, 5.74) is 7.36. The summed E-state index contributed by atoms with van der Waals surface area (Å²) in [5, 5.41) is 4.37. The Morgan fingerprint density at radius 3 is 2.67 bits per heavy atom. The molecule has 0 aliphatic carbocycles. The summed E-state index contributed by atoms with van der Waals surface area (Å²) in [4.78, 5) is 25.8. The number of piperazine rings is 1. The van der Waals surface area contributed by atoms with Crippen LogP contribution in [-0.2, 0) is 6.54 Å². The van der Waals surface area contributed by atoms with Crippen molar-refractivity contribution in [1.82, 2.24) is 29.0 Å². The van der Waals surface area contributed by atoms with E-state index in [0.29, 0.717) is 78.3 Å².